The Morgan fingerprint density at radius 2 is 1.33 bits per heavy atom. The summed E-state index contributed by atoms with van der Waals surface area (Å²) in [6.45, 7) is 11.2. The van der Waals surface area contributed by atoms with E-state index in [4.69, 9.17) is 9.47 Å². The summed E-state index contributed by atoms with van der Waals surface area (Å²) in [4.78, 5) is 25.4. The molecule has 5 heteroatoms. The van der Waals surface area contributed by atoms with E-state index in [0.29, 0.717) is 19.6 Å². The van der Waals surface area contributed by atoms with Crippen molar-refractivity contribution < 1.29 is 19.1 Å². The van der Waals surface area contributed by atoms with Gasteiger partial charge in [0.15, 0.2) is 0 Å². The third kappa shape index (κ3) is 6.93. The monoisotopic (exact) mass is 490 g/mol. The summed E-state index contributed by atoms with van der Waals surface area (Å²) < 4.78 is 15.8. The van der Waals surface area contributed by atoms with Gasteiger partial charge < -0.3 is 0 Å². The zero-order valence-corrected chi connectivity index (χ0v) is 21.3. The Bertz CT molecular complexity index is 443. The number of rotatable bonds is 15. The quantitative estimate of drug-likeness (QED) is 0.210. The molecule has 0 amide bonds. The number of carbonyl (C=O) groups is 2. The first-order chi connectivity index (χ1) is 12.9. The van der Waals surface area contributed by atoms with Crippen molar-refractivity contribution in [3.63, 3.8) is 0 Å². The number of hydrogen-bond donors (Lipinski definition) is 0. The second kappa shape index (κ2) is 12.3. The molecule has 0 radical (unpaired) electrons. The molecule has 158 valence electrons. The summed E-state index contributed by atoms with van der Waals surface area (Å²) in [5.41, 5.74) is -0.562. The van der Waals surface area contributed by atoms with Crippen LogP contribution >= 0.6 is 0 Å². The Balaban J connectivity index is 3.11. The van der Waals surface area contributed by atoms with Gasteiger partial charge in [-0.2, -0.15) is 0 Å². The second-order valence-electron chi connectivity index (χ2n) is 8.37. The maximum absolute atomic E-state index is 12.9. The first kappa shape index (κ1) is 24.8. The molecule has 2 atom stereocenters. The summed E-state index contributed by atoms with van der Waals surface area (Å²) in [5.74, 6) is -0.585. The van der Waals surface area contributed by atoms with Crippen molar-refractivity contribution >= 4 is 30.3 Å². The van der Waals surface area contributed by atoms with E-state index in [1.165, 1.54) is 51.8 Å². The van der Waals surface area contributed by atoms with Crippen molar-refractivity contribution in [3.05, 3.63) is 0 Å². The Labute approximate surface area is 171 Å². The van der Waals surface area contributed by atoms with Gasteiger partial charge in [0.2, 0.25) is 0 Å². The predicted molar refractivity (Wildman–Crippen MR) is 114 cm³/mol. The Hall–Kier alpha value is -0.261. The van der Waals surface area contributed by atoms with Gasteiger partial charge in [-0.05, 0) is 0 Å². The third-order valence-electron chi connectivity index (χ3n) is 6.20. The number of carbonyl (C=O) groups excluding carboxylic acids is 2. The molecule has 1 aliphatic carbocycles. The van der Waals surface area contributed by atoms with Crippen molar-refractivity contribution in [1.82, 2.24) is 0 Å². The van der Waals surface area contributed by atoms with Gasteiger partial charge in [-0.1, -0.05) is 0 Å². The zero-order valence-electron chi connectivity index (χ0n) is 18.4. The van der Waals surface area contributed by atoms with Gasteiger partial charge in [0.25, 0.3) is 0 Å². The normalized spacial score (nSPS) is 21.7. The van der Waals surface area contributed by atoms with Gasteiger partial charge in [0.05, 0.1) is 0 Å². The Kier molecular flexibility index (Phi) is 11.3. The number of hydrogen-bond acceptors (Lipinski definition) is 4. The Morgan fingerprint density at radius 1 is 0.852 bits per heavy atom. The molecular weight excluding hydrogens is 447 g/mol. The average Bonchev–Trinajstić information content (AvgIpc) is 3.38. The minimum absolute atomic E-state index is 0.131. The molecule has 0 aromatic heterocycles. The fourth-order valence-corrected chi connectivity index (χ4v) is 23.0. The van der Waals surface area contributed by atoms with Crippen LogP contribution in [0.5, 0.6) is 0 Å². The molecule has 27 heavy (non-hydrogen) atoms. The van der Waals surface area contributed by atoms with Crippen LogP contribution in [0.1, 0.15) is 79.6 Å². The van der Waals surface area contributed by atoms with Gasteiger partial charge in [0.1, 0.15) is 0 Å². The van der Waals surface area contributed by atoms with Crippen LogP contribution in [0.25, 0.3) is 0 Å². The predicted octanol–water partition coefficient (Wildman–Crippen LogP) is 5.97. The van der Waals surface area contributed by atoms with Crippen LogP contribution in [-0.4, -0.2) is 43.5 Å². The third-order valence-corrected chi connectivity index (χ3v) is 22.3. The van der Waals surface area contributed by atoms with Gasteiger partial charge in [0, 0.05) is 0 Å². The summed E-state index contributed by atoms with van der Waals surface area (Å²) in [6.07, 6.45) is 8.10. The van der Waals surface area contributed by atoms with Crippen LogP contribution in [0.15, 0.2) is 0 Å². The standard InChI is InChI=1S/C10H15O4.3C4H9.Sn/c1-4-13-8(11)7-6-10(7,3)9(12)14-5-2;3*1-3-4-2;/h7H,3-6H2,1-2H3;3*1,3-4H2,2H3;/t7-,10+;;;;/m0..../s1. The summed E-state index contributed by atoms with van der Waals surface area (Å²) in [5, 5.41) is 0. The van der Waals surface area contributed by atoms with E-state index in [9.17, 15) is 9.59 Å². The number of esters is 2. The van der Waals surface area contributed by atoms with E-state index in [2.05, 4.69) is 20.8 Å². The molecule has 0 aliphatic heterocycles. The molecule has 1 rings (SSSR count). The van der Waals surface area contributed by atoms with Gasteiger partial charge in [-0.15, -0.1) is 0 Å². The van der Waals surface area contributed by atoms with Crippen LogP contribution in [0.4, 0.5) is 0 Å². The van der Waals surface area contributed by atoms with Crippen LogP contribution in [0, 0.1) is 11.3 Å². The SMILES string of the molecule is CCC[CH2][Sn]([CH2]CCC)([CH2]CCC)[CH2][C@@]1(C(=O)OCC)C[C@H]1C(=O)OCC. The van der Waals surface area contributed by atoms with E-state index < -0.39 is 23.8 Å². The number of ether oxygens (including phenoxy) is 2. The van der Waals surface area contributed by atoms with E-state index >= 15 is 0 Å². The number of unbranched alkanes of at least 4 members (excludes halogenated alkanes) is 3. The van der Waals surface area contributed by atoms with Crippen molar-refractivity contribution in [2.45, 2.75) is 97.3 Å². The van der Waals surface area contributed by atoms with Gasteiger partial charge in [-0.3, -0.25) is 0 Å². The van der Waals surface area contributed by atoms with Gasteiger partial charge in [-0.25, -0.2) is 0 Å². The Morgan fingerprint density at radius 3 is 1.74 bits per heavy atom. The first-order valence-electron chi connectivity index (χ1n) is 11.3. The fourth-order valence-electron chi connectivity index (χ4n) is 4.59. The molecule has 0 unspecified atom stereocenters. The minimum atomic E-state index is -2.55. The first-order valence-corrected chi connectivity index (χ1v) is 19.4. The summed E-state index contributed by atoms with van der Waals surface area (Å²) in [6, 6.07) is 0. The van der Waals surface area contributed by atoms with Crippen molar-refractivity contribution in [3.8, 4) is 0 Å². The zero-order chi connectivity index (χ0) is 20.3. The van der Waals surface area contributed by atoms with Crippen molar-refractivity contribution in [1.29, 1.82) is 0 Å². The van der Waals surface area contributed by atoms with Crippen LogP contribution in [-0.2, 0) is 19.1 Å². The molecule has 0 spiro atoms. The van der Waals surface area contributed by atoms with Crippen LogP contribution in [0.2, 0.25) is 17.7 Å². The topological polar surface area (TPSA) is 52.6 Å². The molecule has 0 bridgehead atoms. The van der Waals surface area contributed by atoms with E-state index in [0.717, 1.165) is 4.44 Å². The molecule has 0 saturated heterocycles. The summed E-state index contributed by atoms with van der Waals surface area (Å²) >= 11 is -2.55. The molecule has 1 fully saturated rings. The van der Waals surface area contributed by atoms with Crippen molar-refractivity contribution in [2.75, 3.05) is 13.2 Å². The maximum atomic E-state index is 12.9. The fraction of sp³-hybridized carbons (Fsp3) is 0.909. The van der Waals surface area contributed by atoms with Crippen LogP contribution in [0.3, 0.4) is 0 Å². The van der Waals surface area contributed by atoms with Crippen molar-refractivity contribution in [2.24, 2.45) is 11.3 Å². The van der Waals surface area contributed by atoms with E-state index in [1.54, 1.807) is 0 Å². The molecule has 0 aromatic rings. The van der Waals surface area contributed by atoms with Crippen LogP contribution < -0.4 is 0 Å². The summed E-state index contributed by atoms with van der Waals surface area (Å²) in [7, 11) is 0. The molecule has 4 nitrogen and oxygen atoms in total. The molecule has 1 saturated carbocycles. The molecular formula is C22H42O4Sn. The molecule has 0 heterocycles. The average molecular weight is 489 g/mol. The van der Waals surface area contributed by atoms with E-state index in [1.807, 2.05) is 13.8 Å². The van der Waals surface area contributed by atoms with E-state index in [-0.39, 0.29) is 17.9 Å². The van der Waals surface area contributed by atoms with Gasteiger partial charge >= 0.3 is 171 Å². The molecule has 0 aromatic carbocycles. The molecule has 1 aliphatic rings. The molecule has 0 N–H and O–H groups in total. The second-order valence-corrected chi connectivity index (χ2v) is 22.2.